The van der Waals surface area contributed by atoms with Gasteiger partial charge in [-0.05, 0) is 207 Å². The van der Waals surface area contributed by atoms with Crippen LogP contribution in [0.1, 0.15) is 230 Å². The molecule has 20 nitrogen and oxygen atoms in total. The van der Waals surface area contributed by atoms with E-state index in [1.54, 1.807) is 27.7 Å². The van der Waals surface area contributed by atoms with Gasteiger partial charge in [-0.1, -0.05) is 93.3 Å². The quantitative estimate of drug-likeness (QED) is 0.0103. The van der Waals surface area contributed by atoms with E-state index >= 15 is 39.5 Å². The Morgan fingerprint density at radius 3 is 1.09 bits per heavy atom. The van der Waals surface area contributed by atoms with E-state index in [4.69, 9.17) is 18.9 Å². The van der Waals surface area contributed by atoms with Gasteiger partial charge in [-0.15, -0.1) is 0 Å². The first-order valence-corrected chi connectivity index (χ1v) is 37.7. The highest BCUT2D eigenvalue weighted by Gasteiger charge is 2.59. The molecule has 0 saturated carbocycles. The highest BCUT2D eigenvalue weighted by atomic mass is 79.9. The van der Waals surface area contributed by atoms with E-state index in [1.807, 2.05) is 0 Å². The van der Waals surface area contributed by atoms with Crippen molar-refractivity contribution in [2.45, 2.75) is 164 Å². The minimum Gasteiger partial charge on any atom is -0.468 e. The number of imide groups is 4. The van der Waals surface area contributed by atoms with Crippen molar-refractivity contribution >= 4 is 109 Å². The van der Waals surface area contributed by atoms with Crippen LogP contribution in [0.2, 0.25) is 0 Å². The van der Waals surface area contributed by atoms with Crippen LogP contribution in [-0.2, 0) is 54.4 Å². The Morgan fingerprint density at radius 1 is 0.420 bits per heavy atom. The Bertz CT molecular complexity index is 4760. The number of amides is 8. The van der Waals surface area contributed by atoms with Crippen molar-refractivity contribution < 1.29 is 116 Å². The number of carbonyl (C=O) groups excluding carboxylic acids is 12. The molecule has 0 saturated heterocycles. The van der Waals surface area contributed by atoms with Crippen LogP contribution in [0.3, 0.4) is 0 Å². The lowest BCUT2D eigenvalue weighted by Crippen LogP contribution is -2.46. The Labute approximate surface area is 655 Å². The summed E-state index contributed by atoms with van der Waals surface area (Å²) in [6.45, 7) is 8.90. The minimum atomic E-state index is -5.15. The Morgan fingerprint density at radius 2 is 0.741 bits per heavy atom. The highest BCUT2D eigenvalue weighted by Crippen LogP contribution is 2.53. The van der Waals surface area contributed by atoms with Crippen molar-refractivity contribution in [3.63, 3.8) is 0 Å². The number of hydrogen-bond acceptors (Lipinski definition) is 16. The molecule has 6 atom stereocenters. The van der Waals surface area contributed by atoms with Gasteiger partial charge in [0.2, 0.25) is 0 Å². The lowest BCUT2D eigenvalue weighted by Gasteiger charge is -2.39. The number of rotatable bonds is 30. The molecule has 5 aromatic rings. The lowest BCUT2D eigenvalue weighted by molar-refractivity contribution is -0.196. The molecule has 0 aromatic heterocycles. The number of nitrogens with zero attached hydrogens (tertiary/aromatic N) is 4. The summed E-state index contributed by atoms with van der Waals surface area (Å²) >= 11 is 6.41. The van der Waals surface area contributed by atoms with Crippen LogP contribution < -0.4 is 4.90 Å². The van der Waals surface area contributed by atoms with E-state index < -0.39 is 178 Å². The van der Waals surface area contributed by atoms with Crippen molar-refractivity contribution in [3.8, 4) is 0 Å². The van der Waals surface area contributed by atoms with Gasteiger partial charge < -0.3 is 18.9 Å². The number of benzene rings is 5. The first kappa shape index (κ1) is 84.8. The summed E-state index contributed by atoms with van der Waals surface area (Å²) in [5, 5.41) is 0. The molecular formula is C81H79Br2F9N4O16. The molecule has 112 heavy (non-hydrogen) atoms. The SMILES string of the molecule is COC(=O)C(Br)CC(C)(C)C(=O)OCCCCCCN1C(=O)c2ccc(C(C)(c3ccc4c(c3)C(=O)N(C3=CCC(C(C)(c5ccc(N6C(=O)c7ccc(C(C)(c8ccc9c(c8)C(=O)N(CCCCCCOC(=O)C(C)(C)CC(Br)C(=O)OC)C9=O)C(F)(F)F)cc7C6=O)cc5)C(F)(F)F)C=C3)C4=O)C(F)(F)F)cc2C1=O. The number of alkyl halides is 11. The van der Waals surface area contributed by atoms with Gasteiger partial charge in [-0.2, -0.15) is 39.5 Å². The molecule has 0 radical (unpaired) electrons. The molecule has 6 unspecified atom stereocenters. The van der Waals surface area contributed by atoms with Gasteiger partial charge in [0.25, 0.3) is 47.3 Å². The maximum Gasteiger partial charge on any atom is 0.402 e. The van der Waals surface area contributed by atoms with Gasteiger partial charge in [0, 0.05) is 18.8 Å². The fourth-order valence-corrected chi connectivity index (χ4v) is 16.6. The van der Waals surface area contributed by atoms with E-state index in [0.29, 0.717) is 61.2 Å². The second kappa shape index (κ2) is 32.1. The van der Waals surface area contributed by atoms with Gasteiger partial charge in [-0.3, -0.25) is 67.3 Å². The van der Waals surface area contributed by atoms with E-state index in [9.17, 15) is 57.5 Å². The Kier molecular flexibility index (Phi) is 24.3. The fraction of sp³-hybridized carbons (Fsp3) is 0.432. The molecule has 4 heterocycles. The number of hydrogen-bond donors (Lipinski definition) is 0. The zero-order valence-electron chi connectivity index (χ0n) is 62.3. The second-order valence-electron chi connectivity index (χ2n) is 30.0. The van der Waals surface area contributed by atoms with Crippen LogP contribution in [0.15, 0.2) is 121 Å². The number of methoxy groups -OCH3 is 2. The number of unbranched alkanes of at least 4 members (excludes halogenated alkanes) is 6. The topological polar surface area (TPSA) is 255 Å². The number of carbonyl (C=O) groups is 12. The molecule has 5 aromatic carbocycles. The molecule has 10 rings (SSSR count). The third-order valence-corrected chi connectivity index (χ3v) is 23.4. The standard InChI is InChI=1S/C81H79Br2F9N4O16/c1-74(2,42-60(82)70(105)109-8)72(107)111-36-16-12-10-14-34-93-62(97)52-30-22-46(38-56(52)64(93)99)77(6,80(87,88)89)48-24-32-54-58(40-48)68(103)95(66(54)101)50-26-18-44(19-27-50)76(5,79(84,85)86)45-20-28-51(29-21-45)96-67(102)55-33-25-49(41-59(55)69(96)104)78(7,81(90,91)92)47-23-31-53-57(39-47)65(100)94(63(53)98)35-15-11-13-17-37-112-73(108)75(3,4)43-61(83)71(106)110-9/h18-20,22-33,38-41,45,60-61H,10-17,21,34-37,42-43H2,1-9H3. The van der Waals surface area contributed by atoms with Gasteiger partial charge in [0.15, 0.2) is 0 Å². The number of ether oxygens (including phenoxy) is 4. The van der Waals surface area contributed by atoms with Crippen molar-refractivity contribution in [1.82, 2.24) is 14.7 Å². The third-order valence-electron chi connectivity index (χ3n) is 22.0. The van der Waals surface area contributed by atoms with E-state index in [2.05, 4.69) is 31.9 Å². The first-order valence-electron chi connectivity index (χ1n) is 35.9. The van der Waals surface area contributed by atoms with Crippen molar-refractivity contribution in [2.75, 3.05) is 45.4 Å². The van der Waals surface area contributed by atoms with E-state index in [1.165, 1.54) is 20.3 Å². The fourth-order valence-electron chi connectivity index (χ4n) is 14.6. The molecule has 596 valence electrons. The highest BCUT2D eigenvalue weighted by molar-refractivity contribution is 9.10. The van der Waals surface area contributed by atoms with Gasteiger partial charge in [0.05, 0.1) is 93.9 Å². The Balaban J connectivity index is 0.771. The molecule has 31 heteroatoms. The van der Waals surface area contributed by atoms with Crippen molar-refractivity contribution in [2.24, 2.45) is 16.7 Å². The van der Waals surface area contributed by atoms with Crippen molar-refractivity contribution in [1.29, 1.82) is 0 Å². The number of anilines is 1. The summed E-state index contributed by atoms with van der Waals surface area (Å²) in [4.78, 5) is 162. The van der Waals surface area contributed by atoms with E-state index in [0.717, 1.165) is 140 Å². The Hall–Kier alpha value is -9.65. The normalized spacial score (nSPS) is 18.0. The summed E-state index contributed by atoms with van der Waals surface area (Å²) < 4.78 is 161. The lowest BCUT2D eigenvalue weighted by atomic mass is 9.68. The monoisotopic (exact) mass is 1690 g/mol. The molecule has 0 N–H and O–H groups in total. The van der Waals surface area contributed by atoms with Gasteiger partial charge in [-0.25, -0.2) is 9.80 Å². The zero-order chi connectivity index (χ0) is 82.5. The molecular weight excluding hydrogens is 1620 g/mol. The summed E-state index contributed by atoms with van der Waals surface area (Å²) in [6.07, 6.45) is -8.77. The first-order chi connectivity index (χ1) is 52.3. The summed E-state index contributed by atoms with van der Waals surface area (Å²) in [7, 11) is 2.44. The van der Waals surface area contributed by atoms with Gasteiger partial charge >= 0.3 is 42.4 Å². The predicted octanol–water partition coefficient (Wildman–Crippen LogP) is 15.9. The van der Waals surface area contributed by atoms with Crippen LogP contribution in [0, 0.1) is 16.7 Å². The summed E-state index contributed by atoms with van der Waals surface area (Å²) in [6, 6.07) is 16.1. The molecule has 0 fully saturated rings. The second-order valence-corrected chi connectivity index (χ2v) is 32.2. The van der Waals surface area contributed by atoms with Crippen molar-refractivity contribution in [3.05, 3.63) is 193 Å². The molecule has 8 amide bonds. The van der Waals surface area contributed by atoms with Crippen LogP contribution in [0.5, 0.6) is 0 Å². The van der Waals surface area contributed by atoms with Crippen LogP contribution in [0.4, 0.5) is 45.2 Å². The maximum atomic E-state index is 15.7. The molecule has 4 aliphatic heterocycles. The number of allylic oxidation sites excluding steroid dienone is 3. The number of esters is 4. The van der Waals surface area contributed by atoms with E-state index in [-0.39, 0.29) is 83.9 Å². The van der Waals surface area contributed by atoms with Crippen LogP contribution in [-0.4, -0.2) is 155 Å². The third kappa shape index (κ3) is 15.7. The molecule has 5 aliphatic rings. The molecule has 1 aliphatic carbocycles. The number of fused-ring (bicyclic) bond motifs is 4. The van der Waals surface area contributed by atoms with Gasteiger partial charge in [0.1, 0.15) is 20.5 Å². The molecule has 0 bridgehead atoms. The largest absolute Gasteiger partial charge is 0.468 e. The minimum absolute atomic E-state index is 0.0535. The van der Waals surface area contributed by atoms with Crippen LogP contribution in [0.25, 0.3) is 0 Å². The summed E-state index contributed by atoms with van der Waals surface area (Å²) in [5.41, 5.74) is -16.2. The smallest absolute Gasteiger partial charge is 0.402 e. The average Bonchev–Trinajstić information content (AvgIpc) is 1.52. The predicted molar refractivity (Wildman–Crippen MR) is 393 cm³/mol. The maximum absolute atomic E-state index is 15.7. The van der Waals surface area contributed by atoms with Crippen LogP contribution >= 0.6 is 31.9 Å². The molecule has 0 spiro atoms. The number of halogens is 11. The summed E-state index contributed by atoms with van der Waals surface area (Å²) in [5.74, 6) is -11.0. The average molecular weight is 1700 g/mol. The zero-order valence-corrected chi connectivity index (χ0v) is 65.5.